The number of nitrogens with zero attached hydrogens (tertiary/aromatic N) is 2. The molecule has 0 fully saturated rings. The fraction of sp³-hybridized carbons (Fsp3) is 0.238. The molecule has 0 unspecified atom stereocenters. The molecule has 0 spiro atoms. The minimum absolute atomic E-state index is 0.0192. The number of imidazole rings is 1. The van der Waals surface area contributed by atoms with Crippen molar-refractivity contribution < 1.29 is 9.18 Å². The van der Waals surface area contributed by atoms with E-state index in [1.165, 1.54) is 17.7 Å². The molecule has 0 aliphatic heterocycles. The number of aromatic nitrogens is 2. The average molecular weight is 383 g/mol. The van der Waals surface area contributed by atoms with Crippen molar-refractivity contribution >= 4 is 17.7 Å². The van der Waals surface area contributed by atoms with E-state index in [0.29, 0.717) is 25.1 Å². The molecule has 3 rings (SSSR count). The first-order chi connectivity index (χ1) is 13.2. The predicted octanol–water partition coefficient (Wildman–Crippen LogP) is 3.91. The Hall–Kier alpha value is -2.60. The summed E-state index contributed by atoms with van der Waals surface area (Å²) < 4.78 is 15.0. The van der Waals surface area contributed by atoms with E-state index in [4.69, 9.17) is 0 Å². The Balaban J connectivity index is 1.38. The Kier molecular flexibility index (Phi) is 7.04. The summed E-state index contributed by atoms with van der Waals surface area (Å²) in [5.41, 5.74) is 1.22. The number of thioether (sulfide) groups is 1. The van der Waals surface area contributed by atoms with Gasteiger partial charge in [-0.2, -0.15) is 0 Å². The molecule has 0 saturated heterocycles. The molecule has 0 radical (unpaired) electrons. The number of halogens is 1. The number of hydrogen-bond acceptors (Lipinski definition) is 3. The molecule has 0 aliphatic rings. The third-order valence-electron chi connectivity index (χ3n) is 4.08. The second-order valence-electron chi connectivity index (χ2n) is 6.11. The van der Waals surface area contributed by atoms with E-state index in [-0.39, 0.29) is 11.7 Å². The highest BCUT2D eigenvalue weighted by Gasteiger charge is 2.06. The first-order valence-electron chi connectivity index (χ1n) is 8.90. The van der Waals surface area contributed by atoms with Gasteiger partial charge < -0.3 is 9.88 Å². The molecule has 4 nitrogen and oxygen atoms in total. The molecule has 140 valence electrons. The van der Waals surface area contributed by atoms with Gasteiger partial charge in [-0.1, -0.05) is 30.3 Å². The molecule has 27 heavy (non-hydrogen) atoms. The summed E-state index contributed by atoms with van der Waals surface area (Å²) in [5, 5.41) is 2.94. The summed E-state index contributed by atoms with van der Waals surface area (Å²) in [6.07, 6.45) is 4.88. The first kappa shape index (κ1) is 19.2. The van der Waals surface area contributed by atoms with Gasteiger partial charge in [0, 0.05) is 49.0 Å². The van der Waals surface area contributed by atoms with Crippen LogP contribution in [0.2, 0.25) is 0 Å². The lowest BCUT2D eigenvalue weighted by molar-refractivity contribution is -0.120. The average Bonchev–Trinajstić information content (AvgIpc) is 3.11. The maximum absolute atomic E-state index is 12.9. The molecule has 0 atom stereocenters. The largest absolute Gasteiger partial charge is 0.356 e. The van der Waals surface area contributed by atoms with Crippen LogP contribution in [0.4, 0.5) is 4.39 Å². The normalized spacial score (nSPS) is 10.7. The van der Waals surface area contributed by atoms with E-state index >= 15 is 0 Å². The van der Waals surface area contributed by atoms with Crippen LogP contribution in [0.5, 0.6) is 0 Å². The van der Waals surface area contributed by atoms with Gasteiger partial charge in [-0.3, -0.25) is 4.79 Å². The van der Waals surface area contributed by atoms with Crippen molar-refractivity contribution in [3.05, 3.63) is 84.2 Å². The summed E-state index contributed by atoms with van der Waals surface area (Å²) in [5.74, 6) is 1.40. The van der Waals surface area contributed by atoms with E-state index in [0.717, 1.165) is 17.3 Å². The monoisotopic (exact) mass is 383 g/mol. The maximum atomic E-state index is 12.9. The van der Waals surface area contributed by atoms with Crippen molar-refractivity contribution in [1.29, 1.82) is 0 Å². The van der Waals surface area contributed by atoms with Gasteiger partial charge in [0.2, 0.25) is 5.91 Å². The number of amides is 1. The third-order valence-corrected chi connectivity index (χ3v) is 5.09. The van der Waals surface area contributed by atoms with Crippen LogP contribution < -0.4 is 5.32 Å². The fourth-order valence-corrected chi connectivity index (χ4v) is 3.54. The van der Waals surface area contributed by atoms with E-state index in [1.54, 1.807) is 30.1 Å². The van der Waals surface area contributed by atoms with E-state index in [9.17, 15) is 9.18 Å². The molecule has 0 saturated carbocycles. The van der Waals surface area contributed by atoms with Crippen LogP contribution in [0.15, 0.2) is 71.9 Å². The highest BCUT2D eigenvalue weighted by atomic mass is 32.2. The van der Waals surface area contributed by atoms with Gasteiger partial charge in [-0.15, -0.1) is 11.8 Å². The zero-order valence-corrected chi connectivity index (χ0v) is 15.8. The zero-order chi connectivity index (χ0) is 18.9. The number of carbonyl (C=O) groups is 1. The molecule has 1 amide bonds. The van der Waals surface area contributed by atoms with Crippen LogP contribution in [0.3, 0.4) is 0 Å². The van der Waals surface area contributed by atoms with E-state index in [1.807, 2.05) is 24.4 Å². The Morgan fingerprint density at radius 2 is 1.89 bits per heavy atom. The standard InChI is InChI=1S/C21H22FN3OS/c22-18-6-8-19(9-7-18)27-15-11-21(26)24-12-10-20-23-13-14-25(20)16-17-4-2-1-3-5-17/h1-9,13-14H,10-12,15-16H2,(H,24,26). The van der Waals surface area contributed by atoms with Gasteiger partial charge in [0.15, 0.2) is 0 Å². The van der Waals surface area contributed by atoms with Crippen molar-refractivity contribution in [2.75, 3.05) is 12.3 Å². The highest BCUT2D eigenvalue weighted by molar-refractivity contribution is 7.99. The molecular weight excluding hydrogens is 361 g/mol. The summed E-state index contributed by atoms with van der Waals surface area (Å²) in [7, 11) is 0. The lowest BCUT2D eigenvalue weighted by Gasteiger charge is -2.09. The number of hydrogen-bond donors (Lipinski definition) is 1. The Labute approximate surface area is 162 Å². The molecule has 1 aromatic heterocycles. The Morgan fingerprint density at radius 3 is 2.67 bits per heavy atom. The minimum atomic E-state index is -0.247. The van der Waals surface area contributed by atoms with Gasteiger partial charge >= 0.3 is 0 Å². The number of nitrogens with one attached hydrogen (secondary N) is 1. The first-order valence-corrected chi connectivity index (χ1v) is 9.88. The predicted molar refractivity (Wildman–Crippen MR) is 106 cm³/mol. The maximum Gasteiger partial charge on any atom is 0.220 e. The molecule has 1 heterocycles. The smallest absolute Gasteiger partial charge is 0.220 e. The van der Waals surface area contributed by atoms with Crippen molar-refractivity contribution in [2.45, 2.75) is 24.3 Å². The van der Waals surface area contributed by atoms with Gasteiger partial charge in [0.05, 0.1) is 0 Å². The molecular formula is C21H22FN3OS. The van der Waals surface area contributed by atoms with Gasteiger partial charge in [-0.05, 0) is 29.8 Å². The summed E-state index contributed by atoms with van der Waals surface area (Å²) in [6, 6.07) is 16.5. The molecule has 1 N–H and O–H groups in total. The Bertz CT molecular complexity index is 849. The van der Waals surface area contributed by atoms with Gasteiger partial charge in [0.1, 0.15) is 11.6 Å². The van der Waals surface area contributed by atoms with Crippen LogP contribution in [-0.2, 0) is 17.8 Å². The Morgan fingerprint density at radius 1 is 1.11 bits per heavy atom. The molecule has 3 aromatic rings. The number of carbonyl (C=O) groups excluding carboxylic acids is 1. The quantitative estimate of drug-likeness (QED) is 0.570. The third kappa shape index (κ3) is 6.25. The van der Waals surface area contributed by atoms with Crippen LogP contribution >= 0.6 is 11.8 Å². The number of benzene rings is 2. The van der Waals surface area contributed by atoms with Crippen LogP contribution in [0.1, 0.15) is 17.8 Å². The SMILES string of the molecule is O=C(CCSc1ccc(F)cc1)NCCc1nccn1Cc1ccccc1. The topological polar surface area (TPSA) is 46.9 Å². The van der Waals surface area contributed by atoms with E-state index in [2.05, 4.69) is 27.0 Å². The van der Waals surface area contributed by atoms with Gasteiger partial charge in [-0.25, -0.2) is 9.37 Å². The van der Waals surface area contributed by atoms with Crippen LogP contribution in [0, 0.1) is 5.82 Å². The second-order valence-corrected chi connectivity index (χ2v) is 7.28. The van der Waals surface area contributed by atoms with Crippen LogP contribution in [-0.4, -0.2) is 27.8 Å². The van der Waals surface area contributed by atoms with Crippen LogP contribution in [0.25, 0.3) is 0 Å². The lowest BCUT2D eigenvalue weighted by atomic mass is 10.2. The van der Waals surface area contributed by atoms with Crippen molar-refractivity contribution in [3.8, 4) is 0 Å². The van der Waals surface area contributed by atoms with Crippen molar-refractivity contribution in [3.63, 3.8) is 0 Å². The summed E-state index contributed by atoms with van der Waals surface area (Å²) >= 11 is 1.55. The lowest BCUT2D eigenvalue weighted by Crippen LogP contribution is -2.26. The van der Waals surface area contributed by atoms with E-state index < -0.39 is 0 Å². The molecule has 6 heteroatoms. The fourth-order valence-electron chi connectivity index (χ4n) is 2.69. The summed E-state index contributed by atoms with van der Waals surface area (Å²) in [6.45, 7) is 1.34. The minimum Gasteiger partial charge on any atom is -0.356 e. The van der Waals surface area contributed by atoms with Gasteiger partial charge in [0.25, 0.3) is 0 Å². The van der Waals surface area contributed by atoms with Crippen molar-refractivity contribution in [2.24, 2.45) is 0 Å². The number of rotatable bonds is 9. The highest BCUT2D eigenvalue weighted by Crippen LogP contribution is 2.18. The zero-order valence-electron chi connectivity index (χ0n) is 15.0. The molecule has 2 aromatic carbocycles. The summed E-state index contributed by atoms with van der Waals surface area (Å²) in [4.78, 5) is 17.3. The van der Waals surface area contributed by atoms with Crippen molar-refractivity contribution in [1.82, 2.24) is 14.9 Å². The molecule has 0 bridgehead atoms. The second kappa shape index (κ2) is 9.92. The molecule has 0 aliphatic carbocycles.